The van der Waals surface area contributed by atoms with Crippen LogP contribution in [0.4, 0.5) is 0 Å². The van der Waals surface area contributed by atoms with E-state index in [1.165, 1.54) is 31.4 Å². The normalized spacial score (nSPS) is 17.1. The summed E-state index contributed by atoms with van der Waals surface area (Å²) in [6.07, 6.45) is 3.95. The number of rotatable bonds is 7. The maximum atomic E-state index is 6.00. The van der Waals surface area contributed by atoms with Gasteiger partial charge >= 0.3 is 0 Å². The van der Waals surface area contributed by atoms with E-state index < -0.39 is 0 Å². The lowest BCUT2D eigenvalue weighted by atomic mass is 10.0. The van der Waals surface area contributed by atoms with Gasteiger partial charge in [0, 0.05) is 24.2 Å². The van der Waals surface area contributed by atoms with Gasteiger partial charge in [-0.25, -0.2) is 0 Å². The summed E-state index contributed by atoms with van der Waals surface area (Å²) < 4.78 is 0. The van der Waals surface area contributed by atoms with Gasteiger partial charge in [-0.2, -0.15) is 0 Å². The van der Waals surface area contributed by atoms with Gasteiger partial charge in [-0.15, -0.1) is 0 Å². The minimum atomic E-state index is 0.336. The lowest BCUT2D eigenvalue weighted by molar-refractivity contribution is 0.193. The van der Waals surface area contributed by atoms with Crippen molar-refractivity contribution in [3.8, 4) is 0 Å². The zero-order valence-electron chi connectivity index (χ0n) is 11.1. The number of nitrogens with two attached hydrogens (primary N) is 1. The Hall–Kier alpha value is -0.570. The van der Waals surface area contributed by atoms with Crippen LogP contribution in [-0.2, 0) is 0 Å². The Bertz CT molecular complexity index is 359. The number of benzene rings is 1. The van der Waals surface area contributed by atoms with Crippen molar-refractivity contribution in [1.82, 2.24) is 4.90 Å². The summed E-state index contributed by atoms with van der Waals surface area (Å²) >= 11 is 5.95. The summed E-state index contributed by atoms with van der Waals surface area (Å²) in [4.78, 5) is 2.54. The highest BCUT2D eigenvalue weighted by atomic mass is 35.5. The molecule has 0 bridgehead atoms. The van der Waals surface area contributed by atoms with Gasteiger partial charge in [0.25, 0.3) is 0 Å². The Labute approximate surface area is 115 Å². The van der Waals surface area contributed by atoms with E-state index in [0.29, 0.717) is 12.6 Å². The molecule has 1 unspecified atom stereocenters. The van der Waals surface area contributed by atoms with Crippen LogP contribution in [0.3, 0.4) is 0 Å². The van der Waals surface area contributed by atoms with Crippen molar-refractivity contribution in [2.45, 2.75) is 32.2 Å². The molecule has 0 aromatic heterocycles. The molecule has 1 fully saturated rings. The molecule has 100 valence electrons. The first-order chi connectivity index (χ1) is 8.74. The van der Waals surface area contributed by atoms with Crippen molar-refractivity contribution in [3.63, 3.8) is 0 Å². The molecule has 0 heterocycles. The Kier molecular flexibility index (Phi) is 5.04. The van der Waals surface area contributed by atoms with Gasteiger partial charge in [0.1, 0.15) is 0 Å². The van der Waals surface area contributed by atoms with Crippen LogP contribution in [0.2, 0.25) is 5.02 Å². The smallest absolute Gasteiger partial charge is 0.0470 e. The predicted molar refractivity (Wildman–Crippen MR) is 77.8 cm³/mol. The molecule has 1 aromatic rings. The Balaban J connectivity index is 2.09. The summed E-state index contributed by atoms with van der Waals surface area (Å²) in [5.41, 5.74) is 7.28. The molecular formula is C15H23ClN2. The third kappa shape index (κ3) is 3.71. The van der Waals surface area contributed by atoms with Crippen molar-refractivity contribution >= 4 is 11.6 Å². The summed E-state index contributed by atoms with van der Waals surface area (Å²) in [5, 5.41) is 0.791. The maximum absolute atomic E-state index is 6.00. The van der Waals surface area contributed by atoms with Gasteiger partial charge in [0.05, 0.1) is 0 Å². The molecule has 1 saturated carbocycles. The monoisotopic (exact) mass is 266 g/mol. The second-order valence-corrected chi connectivity index (χ2v) is 5.68. The summed E-state index contributed by atoms with van der Waals surface area (Å²) in [7, 11) is 0. The topological polar surface area (TPSA) is 29.3 Å². The lowest BCUT2D eigenvalue weighted by Crippen LogP contribution is -2.35. The molecule has 2 rings (SSSR count). The zero-order chi connectivity index (χ0) is 13.0. The molecule has 1 aliphatic carbocycles. The minimum Gasteiger partial charge on any atom is -0.329 e. The highest BCUT2D eigenvalue weighted by Gasteiger charge is 2.27. The molecule has 0 amide bonds. The first kappa shape index (κ1) is 13.9. The number of hydrogen-bond donors (Lipinski definition) is 1. The molecule has 3 heteroatoms. The SMILES string of the molecule is CCCN(CC1CC1)C(CN)c1ccc(Cl)cc1. The summed E-state index contributed by atoms with van der Waals surface area (Å²) in [5.74, 6) is 0.901. The molecule has 18 heavy (non-hydrogen) atoms. The van der Waals surface area contributed by atoms with Crippen LogP contribution >= 0.6 is 11.6 Å². The van der Waals surface area contributed by atoms with Crippen LogP contribution in [0, 0.1) is 5.92 Å². The second kappa shape index (κ2) is 6.55. The fraction of sp³-hybridized carbons (Fsp3) is 0.600. The molecule has 0 aliphatic heterocycles. The van der Waals surface area contributed by atoms with Gasteiger partial charge in [-0.3, -0.25) is 4.90 Å². The molecule has 2 nitrogen and oxygen atoms in total. The van der Waals surface area contributed by atoms with Crippen molar-refractivity contribution in [2.75, 3.05) is 19.6 Å². The fourth-order valence-electron chi connectivity index (χ4n) is 2.47. The van der Waals surface area contributed by atoms with E-state index >= 15 is 0 Å². The first-order valence-electron chi connectivity index (χ1n) is 6.94. The van der Waals surface area contributed by atoms with Gasteiger partial charge in [-0.05, 0) is 49.4 Å². The van der Waals surface area contributed by atoms with Crippen LogP contribution in [0.25, 0.3) is 0 Å². The number of nitrogens with zero attached hydrogens (tertiary/aromatic N) is 1. The van der Waals surface area contributed by atoms with E-state index in [4.69, 9.17) is 17.3 Å². The van der Waals surface area contributed by atoms with E-state index in [-0.39, 0.29) is 0 Å². The molecule has 1 aliphatic rings. The average molecular weight is 267 g/mol. The van der Waals surface area contributed by atoms with Gasteiger partial charge in [-0.1, -0.05) is 30.7 Å². The maximum Gasteiger partial charge on any atom is 0.0470 e. The Morgan fingerprint density at radius 2 is 2.00 bits per heavy atom. The zero-order valence-corrected chi connectivity index (χ0v) is 11.9. The standard InChI is InChI=1S/C15H23ClN2/c1-2-9-18(11-12-3-4-12)15(10-17)13-5-7-14(16)8-6-13/h5-8,12,15H,2-4,9-11,17H2,1H3. The molecule has 0 spiro atoms. The molecular weight excluding hydrogens is 244 g/mol. The highest BCUT2D eigenvalue weighted by Crippen LogP contribution is 2.32. The quantitative estimate of drug-likeness (QED) is 0.819. The Morgan fingerprint density at radius 1 is 1.33 bits per heavy atom. The van der Waals surface area contributed by atoms with Crippen molar-refractivity contribution in [2.24, 2.45) is 11.7 Å². The molecule has 1 atom stereocenters. The summed E-state index contributed by atoms with van der Waals surface area (Å²) in [6.45, 7) is 5.23. The van der Waals surface area contributed by atoms with E-state index in [1.807, 2.05) is 12.1 Å². The van der Waals surface area contributed by atoms with E-state index in [0.717, 1.165) is 17.5 Å². The average Bonchev–Trinajstić information content (AvgIpc) is 3.17. The third-order valence-electron chi connectivity index (χ3n) is 3.62. The van der Waals surface area contributed by atoms with Crippen LogP contribution in [0.15, 0.2) is 24.3 Å². The summed E-state index contributed by atoms with van der Waals surface area (Å²) in [6, 6.07) is 8.47. The first-order valence-corrected chi connectivity index (χ1v) is 7.32. The van der Waals surface area contributed by atoms with E-state index in [9.17, 15) is 0 Å². The highest BCUT2D eigenvalue weighted by molar-refractivity contribution is 6.30. The largest absolute Gasteiger partial charge is 0.329 e. The van der Waals surface area contributed by atoms with Gasteiger partial charge in [0.2, 0.25) is 0 Å². The second-order valence-electron chi connectivity index (χ2n) is 5.24. The minimum absolute atomic E-state index is 0.336. The van der Waals surface area contributed by atoms with Crippen LogP contribution in [-0.4, -0.2) is 24.5 Å². The molecule has 0 radical (unpaired) electrons. The lowest BCUT2D eigenvalue weighted by Gasteiger charge is -2.31. The van der Waals surface area contributed by atoms with Gasteiger partial charge < -0.3 is 5.73 Å². The fourth-order valence-corrected chi connectivity index (χ4v) is 2.60. The van der Waals surface area contributed by atoms with Crippen molar-refractivity contribution in [1.29, 1.82) is 0 Å². The molecule has 2 N–H and O–H groups in total. The third-order valence-corrected chi connectivity index (χ3v) is 3.87. The number of hydrogen-bond acceptors (Lipinski definition) is 2. The molecule has 1 aromatic carbocycles. The van der Waals surface area contributed by atoms with Crippen molar-refractivity contribution < 1.29 is 0 Å². The predicted octanol–water partition coefficient (Wildman–Crippen LogP) is 3.46. The van der Waals surface area contributed by atoms with Crippen LogP contribution in [0.1, 0.15) is 37.8 Å². The van der Waals surface area contributed by atoms with Crippen LogP contribution in [0.5, 0.6) is 0 Å². The van der Waals surface area contributed by atoms with Gasteiger partial charge in [0.15, 0.2) is 0 Å². The van der Waals surface area contributed by atoms with E-state index in [2.05, 4.69) is 24.0 Å². The molecule has 0 saturated heterocycles. The Morgan fingerprint density at radius 3 is 2.50 bits per heavy atom. The van der Waals surface area contributed by atoms with Crippen LogP contribution < -0.4 is 5.73 Å². The van der Waals surface area contributed by atoms with E-state index in [1.54, 1.807) is 0 Å². The van der Waals surface area contributed by atoms with Crippen molar-refractivity contribution in [3.05, 3.63) is 34.9 Å². The number of halogens is 1.